The summed E-state index contributed by atoms with van der Waals surface area (Å²) in [6.45, 7) is 8.07. The number of nitriles is 1. The first-order valence-electron chi connectivity index (χ1n) is 22.0. The molecule has 6 aliphatic rings. The average molecular weight is 845 g/mol. The van der Waals surface area contributed by atoms with Crippen LogP contribution in [0.25, 0.3) is 0 Å². The number of anilines is 1. The number of ether oxygens (including phenoxy) is 1. The third-order valence-electron chi connectivity index (χ3n) is 14.7. The Morgan fingerprint density at radius 3 is 2.31 bits per heavy atom. The lowest BCUT2D eigenvalue weighted by Gasteiger charge is -2.56. The normalized spacial score (nSPS) is 28.4. The topological polar surface area (TPSA) is 143 Å². The Labute approximate surface area is 362 Å². The first-order chi connectivity index (χ1) is 29.4. The molecule has 9 rings (SSSR count). The van der Waals surface area contributed by atoms with Gasteiger partial charge in [-0.1, -0.05) is 17.7 Å². The quantitative estimate of drug-likeness (QED) is 0.223. The van der Waals surface area contributed by atoms with Crippen LogP contribution in [0.3, 0.4) is 0 Å². The molecule has 4 atom stereocenters. The van der Waals surface area contributed by atoms with Crippen LogP contribution in [0.1, 0.15) is 133 Å². The van der Waals surface area contributed by atoms with Gasteiger partial charge in [0, 0.05) is 74.5 Å². The number of nitrogens with one attached hydrogen (secondary N) is 1. The molecule has 318 valence electrons. The lowest BCUT2D eigenvalue weighted by atomic mass is 9.56. The van der Waals surface area contributed by atoms with Crippen molar-refractivity contribution in [1.82, 2.24) is 20.0 Å². The number of hydrogen-bond acceptors (Lipinski definition) is 9. The lowest BCUT2D eigenvalue weighted by Crippen LogP contribution is -2.57. The largest absolute Gasteiger partial charge is 0.491 e. The minimum atomic E-state index is -0.952. The van der Waals surface area contributed by atoms with Gasteiger partial charge in [-0.2, -0.15) is 5.26 Å². The summed E-state index contributed by atoms with van der Waals surface area (Å²) in [4.78, 5) is 72.8. The van der Waals surface area contributed by atoms with E-state index < -0.39 is 23.8 Å². The molecule has 2 saturated carbocycles. The molecule has 3 aromatic rings. The number of halogens is 1. The Morgan fingerprint density at radius 2 is 1.62 bits per heavy atom. The molecule has 1 N–H and O–H groups in total. The molecule has 0 bridgehead atoms. The summed E-state index contributed by atoms with van der Waals surface area (Å²) in [5.41, 5.74) is 4.44. The van der Waals surface area contributed by atoms with Crippen molar-refractivity contribution in [2.45, 2.75) is 121 Å². The Hall–Kier alpha value is -5.25. The number of hydrogen-bond donors (Lipinski definition) is 1. The number of piperazine rings is 1. The van der Waals surface area contributed by atoms with Crippen molar-refractivity contribution in [2.75, 3.05) is 31.1 Å². The van der Waals surface area contributed by atoms with E-state index in [9.17, 15) is 29.2 Å². The smallest absolute Gasteiger partial charge is 0.262 e. The van der Waals surface area contributed by atoms with Gasteiger partial charge in [0.25, 0.3) is 17.7 Å². The number of carbonyl (C=O) groups is 5. The van der Waals surface area contributed by atoms with Crippen LogP contribution in [0, 0.1) is 16.7 Å². The zero-order chi connectivity index (χ0) is 42.6. The van der Waals surface area contributed by atoms with Crippen molar-refractivity contribution >= 4 is 46.8 Å². The monoisotopic (exact) mass is 844 g/mol. The van der Waals surface area contributed by atoms with Crippen LogP contribution in [0.15, 0.2) is 60.7 Å². The van der Waals surface area contributed by atoms with Crippen molar-refractivity contribution in [3.8, 4) is 11.8 Å². The molecule has 4 heterocycles. The highest BCUT2D eigenvalue weighted by atomic mass is 35.5. The Morgan fingerprint density at radius 1 is 0.902 bits per heavy atom. The van der Waals surface area contributed by atoms with Crippen LogP contribution in [0.4, 0.5) is 5.69 Å². The second-order valence-electron chi connectivity index (χ2n) is 18.4. The number of imide groups is 2. The number of carbonyl (C=O) groups excluding carboxylic acids is 5. The maximum absolute atomic E-state index is 13.9. The van der Waals surface area contributed by atoms with E-state index >= 15 is 0 Å². The van der Waals surface area contributed by atoms with Crippen LogP contribution < -0.4 is 15.0 Å². The number of likely N-dealkylation sites (tertiary alicyclic amines) is 1. The van der Waals surface area contributed by atoms with Gasteiger partial charge in [0.05, 0.1) is 27.8 Å². The third-order valence-corrected chi connectivity index (χ3v) is 15.0. The second-order valence-corrected chi connectivity index (χ2v) is 18.8. The summed E-state index contributed by atoms with van der Waals surface area (Å²) in [5.74, 6) is -0.862. The van der Waals surface area contributed by atoms with Crippen molar-refractivity contribution < 1.29 is 28.7 Å². The molecular weight excluding hydrogens is 792 g/mol. The minimum absolute atomic E-state index is 0.0603. The summed E-state index contributed by atoms with van der Waals surface area (Å²) in [7, 11) is 0. The highest BCUT2D eigenvalue weighted by Gasteiger charge is 2.49. The molecule has 1 spiro atoms. The van der Waals surface area contributed by atoms with Crippen LogP contribution in [0.2, 0.25) is 5.02 Å². The Kier molecular flexibility index (Phi) is 11.2. The SMILES string of the molecule is CC(CC1CCC(C)N1C(=O)c1ccc(N2CCN(C3CC4(CCC(c5ccc6c(c5)C(=O)N(C5CCC(=O)NC5=O)C6=O)CC4)C3)CC2)cc1)Oc1ccc(C#N)c(Cl)c1. The molecule has 3 aromatic carbocycles. The maximum atomic E-state index is 13.9. The van der Waals surface area contributed by atoms with Crippen LogP contribution in [-0.4, -0.2) is 101 Å². The number of benzene rings is 3. The Balaban J connectivity index is 0.733. The number of rotatable bonds is 9. The lowest BCUT2D eigenvalue weighted by molar-refractivity contribution is -0.136. The number of amides is 5. The van der Waals surface area contributed by atoms with Crippen molar-refractivity contribution in [1.29, 1.82) is 5.26 Å². The van der Waals surface area contributed by atoms with Gasteiger partial charge < -0.3 is 14.5 Å². The fourth-order valence-corrected chi connectivity index (χ4v) is 11.4. The molecule has 4 unspecified atom stereocenters. The molecule has 12 nitrogen and oxygen atoms in total. The Bertz CT molecular complexity index is 2290. The fourth-order valence-electron chi connectivity index (χ4n) is 11.2. The molecule has 5 amide bonds. The summed E-state index contributed by atoms with van der Waals surface area (Å²) < 4.78 is 6.15. The minimum Gasteiger partial charge on any atom is -0.491 e. The van der Waals surface area contributed by atoms with E-state index in [1.54, 1.807) is 24.3 Å². The van der Waals surface area contributed by atoms with Gasteiger partial charge >= 0.3 is 0 Å². The van der Waals surface area contributed by atoms with Crippen molar-refractivity contribution in [3.63, 3.8) is 0 Å². The van der Waals surface area contributed by atoms with Gasteiger partial charge in [-0.25, -0.2) is 0 Å². The molecule has 3 saturated heterocycles. The van der Waals surface area contributed by atoms with Gasteiger partial charge in [-0.15, -0.1) is 0 Å². The molecule has 61 heavy (non-hydrogen) atoms. The fraction of sp³-hybridized carbons (Fsp3) is 0.500. The summed E-state index contributed by atoms with van der Waals surface area (Å²) in [6.07, 6.45) is 9.57. The van der Waals surface area contributed by atoms with E-state index in [0.29, 0.717) is 56.8 Å². The molecule has 0 radical (unpaired) electrons. The molecule has 13 heteroatoms. The summed E-state index contributed by atoms with van der Waals surface area (Å²) >= 11 is 6.22. The first kappa shape index (κ1) is 41.1. The van der Waals surface area contributed by atoms with E-state index in [0.717, 1.165) is 80.9 Å². The zero-order valence-electron chi connectivity index (χ0n) is 34.9. The number of piperidine rings is 1. The number of nitrogens with zero attached hydrogens (tertiary/aromatic N) is 5. The van der Waals surface area contributed by atoms with E-state index in [4.69, 9.17) is 16.3 Å². The molecule has 2 aliphatic carbocycles. The third kappa shape index (κ3) is 7.91. The van der Waals surface area contributed by atoms with Crippen molar-refractivity contribution in [2.24, 2.45) is 5.41 Å². The second kappa shape index (κ2) is 16.6. The van der Waals surface area contributed by atoms with Gasteiger partial charge in [-0.3, -0.25) is 39.1 Å². The van der Waals surface area contributed by atoms with Crippen molar-refractivity contribution in [3.05, 3.63) is 93.5 Å². The van der Waals surface area contributed by atoms with Crippen LogP contribution >= 0.6 is 11.6 Å². The number of fused-ring (bicyclic) bond motifs is 1. The highest BCUT2D eigenvalue weighted by Crippen LogP contribution is 2.56. The molecule has 4 aliphatic heterocycles. The predicted molar refractivity (Wildman–Crippen MR) is 230 cm³/mol. The first-order valence-corrected chi connectivity index (χ1v) is 22.4. The van der Waals surface area contributed by atoms with Gasteiger partial charge in [-0.05, 0) is 137 Å². The highest BCUT2D eigenvalue weighted by molar-refractivity contribution is 6.31. The predicted octanol–water partition coefficient (Wildman–Crippen LogP) is 7.09. The molecular formula is C48H53ClN6O6. The van der Waals surface area contributed by atoms with Crippen LogP contribution in [-0.2, 0) is 9.59 Å². The summed E-state index contributed by atoms with van der Waals surface area (Å²) in [6, 6.07) is 20.8. The van der Waals surface area contributed by atoms with E-state index in [1.165, 1.54) is 12.8 Å². The molecule has 0 aromatic heterocycles. The molecule has 5 fully saturated rings. The average Bonchev–Trinajstić information content (AvgIpc) is 3.73. The zero-order valence-corrected chi connectivity index (χ0v) is 35.7. The van der Waals surface area contributed by atoms with Crippen LogP contribution in [0.5, 0.6) is 5.75 Å². The van der Waals surface area contributed by atoms with Gasteiger partial charge in [0.2, 0.25) is 11.8 Å². The summed E-state index contributed by atoms with van der Waals surface area (Å²) in [5, 5.41) is 11.8. The van der Waals surface area contributed by atoms with Gasteiger partial charge in [0.15, 0.2) is 0 Å². The van der Waals surface area contributed by atoms with Gasteiger partial charge in [0.1, 0.15) is 17.9 Å². The van der Waals surface area contributed by atoms with E-state index in [2.05, 4.69) is 40.2 Å². The standard InChI is InChI=1S/C48H53ClN6O6/c1-29-3-8-36(23-30(2)61-38-11-6-34(28-50)41(49)25-38)54(29)45(58)32-4-9-35(10-5-32)52-19-21-53(22-20-52)37-26-48(27-37)17-15-31(16-18-48)33-7-12-39-40(24-33)47(60)55(46(39)59)42-13-14-43(56)51-44(42)57/h4-7,9-12,24-25,29-31,36-37,42H,3,8,13-23,26-27H2,1-2H3,(H,51,56,57). The van der Waals surface area contributed by atoms with E-state index in [-0.39, 0.29) is 42.8 Å². The van der Waals surface area contributed by atoms with E-state index in [1.807, 2.05) is 36.1 Å². The maximum Gasteiger partial charge on any atom is 0.262 e.